The number of hydrogen-bond donors (Lipinski definition) is 0. The Morgan fingerprint density at radius 2 is 1.89 bits per heavy atom. The molecule has 1 heterocycles. The zero-order chi connectivity index (χ0) is 12.8. The number of ether oxygens (including phenoxy) is 1. The van der Waals surface area contributed by atoms with E-state index in [2.05, 4.69) is 11.9 Å². The summed E-state index contributed by atoms with van der Waals surface area (Å²) in [5, 5.41) is 0. The van der Waals surface area contributed by atoms with Crippen LogP contribution in [0.15, 0.2) is 24.3 Å². The lowest BCUT2D eigenvalue weighted by molar-refractivity contribution is 0.0948. The summed E-state index contributed by atoms with van der Waals surface area (Å²) in [5.41, 5.74) is 1.04. The second-order valence-electron chi connectivity index (χ2n) is 5.21. The van der Waals surface area contributed by atoms with E-state index in [-0.39, 0.29) is 5.82 Å². The molecule has 0 atom stereocenters. The van der Waals surface area contributed by atoms with Gasteiger partial charge in [-0.05, 0) is 63.0 Å². The molecule has 3 heteroatoms. The van der Waals surface area contributed by atoms with Gasteiger partial charge in [-0.1, -0.05) is 12.1 Å². The average Bonchev–Trinajstić information content (AvgIpc) is 2.39. The van der Waals surface area contributed by atoms with Crippen LogP contribution < -0.4 is 0 Å². The molecule has 0 unspecified atom stereocenters. The summed E-state index contributed by atoms with van der Waals surface area (Å²) in [6.07, 6.45) is 3.72. The molecule has 0 spiro atoms. The van der Waals surface area contributed by atoms with Crippen LogP contribution in [0.3, 0.4) is 0 Å². The van der Waals surface area contributed by atoms with E-state index in [1.54, 1.807) is 12.1 Å². The number of nitrogens with zero attached hydrogens (tertiary/aromatic N) is 1. The molecule has 1 fully saturated rings. The van der Waals surface area contributed by atoms with Crippen LogP contribution in [0.25, 0.3) is 0 Å². The van der Waals surface area contributed by atoms with E-state index in [0.717, 1.165) is 24.5 Å². The molecule has 0 N–H and O–H groups in total. The van der Waals surface area contributed by atoms with Crippen LogP contribution in [0.4, 0.5) is 4.39 Å². The van der Waals surface area contributed by atoms with Gasteiger partial charge in [0.2, 0.25) is 0 Å². The van der Waals surface area contributed by atoms with E-state index in [9.17, 15) is 4.39 Å². The number of likely N-dealkylation sites (tertiary alicyclic amines) is 1. The van der Waals surface area contributed by atoms with E-state index < -0.39 is 0 Å². The second-order valence-corrected chi connectivity index (χ2v) is 5.21. The maximum atomic E-state index is 12.7. The van der Waals surface area contributed by atoms with Crippen molar-refractivity contribution in [2.45, 2.75) is 25.9 Å². The Bertz CT molecular complexity index is 344. The quantitative estimate of drug-likeness (QED) is 0.746. The third-order valence-corrected chi connectivity index (χ3v) is 3.69. The van der Waals surface area contributed by atoms with Gasteiger partial charge in [0.05, 0.1) is 6.61 Å². The van der Waals surface area contributed by atoms with Crippen molar-refractivity contribution in [2.75, 3.05) is 26.7 Å². The maximum Gasteiger partial charge on any atom is 0.123 e. The minimum absolute atomic E-state index is 0.190. The van der Waals surface area contributed by atoms with Crippen molar-refractivity contribution in [3.8, 4) is 0 Å². The first-order chi connectivity index (χ1) is 8.74. The fraction of sp³-hybridized carbons (Fsp3) is 0.600. The highest BCUT2D eigenvalue weighted by Crippen LogP contribution is 2.19. The monoisotopic (exact) mass is 251 g/mol. The minimum Gasteiger partial charge on any atom is -0.377 e. The number of halogens is 1. The standard InChI is InChI=1S/C15H22FNO/c1-17-9-6-13(7-10-17)8-11-18-12-14-2-4-15(16)5-3-14/h2-5,13H,6-12H2,1H3. The van der Waals surface area contributed by atoms with E-state index in [1.807, 2.05) is 0 Å². The molecule has 1 aliphatic heterocycles. The normalized spacial score (nSPS) is 18.1. The number of rotatable bonds is 5. The number of hydrogen-bond acceptors (Lipinski definition) is 2. The lowest BCUT2D eigenvalue weighted by Crippen LogP contribution is -2.30. The summed E-state index contributed by atoms with van der Waals surface area (Å²) >= 11 is 0. The highest BCUT2D eigenvalue weighted by Gasteiger charge is 2.15. The maximum absolute atomic E-state index is 12.7. The van der Waals surface area contributed by atoms with Crippen LogP contribution in [-0.4, -0.2) is 31.6 Å². The molecule has 2 rings (SSSR count). The van der Waals surface area contributed by atoms with Crippen LogP contribution in [-0.2, 0) is 11.3 Å². The second kappa shape index (κ2) is 6.86. The van der Waals surface area contributed by atoms with E-state index in [4.69, 9.17) is 4.74 Å². The molecule has 18 heavy (non-hydrogen) atoms. The summed E-state index contributed by atoms with van der Waals surface area (Å²) in [6.45, 7) is 3.82. The van der Waals surface area contributed by atoms with Crippen molar-refractivity contribution in [2.24, 2.45) is 5.92 Å². The van der Waals surface area contributed by atoms with Gasteiger partial charge in [-0.25, -0.2) is 4.39 Å². The molecule has 0 saturated carbocycles. The molecule has 2 nitrogen and oxygen atoms in total. The van der Waals surface area contributed by atoms with Crippen molar-refractivity contribution >= 4 is 0 Å². The van der Waals surface area contributed by atoms with E-state index >= 15 is 0 Å². The van der Waals surface area contributed by atoms with Gasteiger partial charge in [0.15, 0.2) is 0 Å². The fourth-order valence-electron chi connectivity index (χ4n) is 2.37. The Hall–Kier alpha value is -0.930. The molecule has 0 aliphatic carbocycles. The Balaban J connectivity index is 1.60. The molecule has 0 radical (unpaired) electrons. The summed E-state index contributed by atoms with van der Waals surface area (Å²) in [7, 11) is 2.18. The molecule has 1 aliphatic rings. The predicted molar refractivity (Wildman–Crippen MR) is 70.9 cm³/mol. The Labute approximate surface area is 109 Å². The largest absolute Gasteiger partial charge is 0.377 e. The first-order valence-corrected chi connectivity index (χ1v) is 6.75. The van der Waals surface area contributed by atoms with Crippen LogP contribution in [0, 0.1) is 11.7 Å². The first-order valence-electron chi connectivity index (χ1n) is 6.75. The number of piperidine rings is 1. The predicted octanol–water partition coefficient (Wildman–Crippen LogP) is 3.07. The van der Waals surface area contributed by atoms with Gasteiger partial charge in [0.1, 0.15) is 5.82 Å². The summed E-state index contributed by atoms with van der Waals surface area (Å²) in [5.74, 6) is 0.625. The lowest BCUT2D eigenvalue weighted by Gasteiger charge is -2.28. The van der Waals surface area contributed by atoms with Gasteiger partial charge in [-0.15, -0.1) is 0 Å². The average molecular weight is 251 g/mol. The Kier molecular flexibility index (Phi) is 5.14. The third-order valence-electron chi connectivity index (χ3n) is 3.69. The van der Waals surface area contributed by atoms with Crippen LogP contribution in [0.5, 0.6) is 0 Å². The van der Waals surface area contributed by atoms with Gasteiger partial charge >= 0.3 is 0 Å². The molecule has 1 aromatic rings. The Morgan fingerprint density at radius 1 is 1.22 bits per heavy atom. The summed E-state index contributed by atoms with van der Waals surface area (Å²) in [6, 6.07) is 6.53. The SMILES string of the molecule is CN1CCC(CCOCc2ccc(F)cc2)CC1. The van der Waals surface area contributed by atoms with Gasteiger partial charge in [-0.3, -0.25) is 0 Å². The number of benzene rings is 1. The molecule has 0 amide bonds. The van der Waals surface area contributed by atoms with E-state index in [0.29, 0.717) is 6.61 Å². The van der Waals surface area contributed by atoms with Gasteiger partial charge in [-0.2, -0.15) is 0 Å². The lowest BCUT2D eigenvalue weighted by atomic mass is 9.94. The molecular weight excluding hydrogens is 229 g/mol. The van der Waals surface area contributed by atoms with Gasteiger partial charge < -0.3 is 9.64 Å². The molecule has 1 saturated heterocycles. The van der Waals surface area contributed by atoms with Crippen molar-refractivity contribution < 1.29 is 9.13 Å². The minimum atomic E-state index is -0.190. The molecule has 0 aromatic heterocycles. The van der Waals surface area contributed by atoms with Crippen LogP contribution in [0.2, 0.25) is 0 Å². The first kappa shape index (κ1) is 13.5. The molecular formula is C15H22FNO. The van der Waals surface area contributed by atoms with Crippen molar-refractivity contribution in [3.63, 3.8) is 0 Å². The Morgan fingerprint density at radius 3 is 2.56 bits per heavy atom. The van der Waals surface area contributed by atoms with Crippen molar-refractivity contribution in [1.82, 2.24) is 4.90 Å². The van der Waals surface area contributed by atoms with E-state index in [1.165, 1.54) is 38.1 Å². The van der Waals surface area contributed by atoms with Crippen molar-refractivity contribution in [3.05, 3.63) is 35.6 Å². The van der Waals surface area contributed by atoms with Crippen molar-refractivity contribution in [1.29, 1.82) is 0 Å². The zero-order valence-corrected chi connectivity index (χ0v) is 11.1. The molecule has 0 bridgehead atoms. The van der Waals surface area contributed by atoms with Crippen LogP contribution >= 0.6 is 0 Å². The summed E-state index contributed by atoms with van der Waals surface area (Å²) in [4.78, 5) is 2.38. The molecule has 1 aromatic carbocycles. The highest BCUT2D eigenvalue weighted by molar-refractivity contribution is 5.14. The van der Waals surface area contributed by atoms with Gasteiger partial charge in [0, 0.05) is 6.61 Å². The van der Waals surface area contributed by atoms with Gasteiger partial charge in [0.25, 0.3) is 0 Å². The molecule has 100 valence electrons. The smallest absolute Gasteiger partial charge is 0.123 e. The summed E-state index contributed by atoms with van der Waals surface area (Å²) < 4.78 is 18.4. The topological polar surface area (TPSA) is 12.5 Å². The highest BCUT2D eigenvalue weighted by atomic mass is 19.1. The van der Waals surface area contributed by atoms with Crippen LogP contribution in [0.1, 0.15) is 24.8 Å². The fourth-order valence-corrected chi connectivity index (χ4v) is 2.37. The zero-order valence-electron chi connectivity index (χ0n) is 11.1. The third kappa shape index (κ3) is 4.39.